The molecule has 0 amide bonds. The summed E-state index contributed by atoms with van der Waals surface area (Å²) >= 11 is 0. The number of hydrogen-bond donors (Lipinski definition) is 1. The molecule has 0 aromatic rings. The molecule has 1 unspecified atom stereocenters. The van der Waals surface area contributed by atoms with E-state index >= 15 is 0 Å². The van der Waals surface area contributed by atoms with E-state index < -0.39 is 0 Å². The predicted molar refractivity (Wildman–Crippen MR) is 36.4 cm³/mol. The molecular formula is C7H13NO. The van der Waals surface area contributed by atoms with Crippen molar-refractivity contribution in [3.8, 4) is 0 Å². The van der Waals surface area contributed by atoms with Gasteiger partial charge in [-0.05, 0) is 24.8 Å². The first kappa shape index (κ1) is 6.62. The van der Waals surface area contributed by atoms with Gasteiger partial charge in [0.15, 0.2) is 0 Å². The normalized spacial score (nSPS) is 27.3. The molecule has 52 valence electrons. The number of hydrogen-bond acceptors (Lipinski definition) is 2. The third-order valence-corrected chi connectivity index (χ3v) is 1.78. The molecule has 0 fully saturated rings. The van der Waals surface area contributed by atoms with Crippen LogP contribution in [0.15, 0.2) is 11.8 Å². The zero-order valence-corrected chi connectivity index (χ0v) is 5.76. The highest BCUT2D eigenvalue weighted by Gasteiger charge is 2.09. The second kappa shape index (κ2) is 2.87. The largest absolute Gasteiger partial charge is 0.416 e. The molecule has 0 heterocycles. The van der Waals surface area contributed by atoms with E-state index in [1.165, 1.54) is 6.42 Å². The quantitative estimate of drug-likeness (QED) is 0.543. The first-order chi connectivity index (χ1) is 4.33. The molecule has 2 heteroatoms. The zero-order valence-electron chi connectivity index (χ0n) is 5.76. The van der Waals surface area contributed by atoms with Gasteiger partial charge in [0.05, 0.1) is 0 Å². The summed E-state index contributed by atoms with van der Waals surface area (Å²) in [6, 6.07) is 0. The predicted octanol–water partition coefficient (Wildman–Crippen LogP) is 1.58. The highest BCUT2D eigenvalue weighted by Crippen LogP contribution is 2.21. The van der Waals surface area contributed by atoms with Crippen molar-refractivity contribution < 1.29 is 4.84 Å². The molecule has 0 saturated heterocycles. The number of rotatable bonds is 1. The van der Waals surface area contributed by atoms with Crippen LogP contribution >= 0.6 is 0 Å². The molecule has 1 rings (SSSR count). The van der Waals surface area contributed by atoms with Gasteiger partial charge in [-0.25, -0.2) is 0 Å². The third kappa shape index (κ3) is 1.72. The molecule has 2 N–H and O–H groups in total. The standard InChI is InChI=1S/C7H13NO/c1-6-2-4-7(9-8)5-3-6/h4,6H,2-3,5,8H2,1H3. The van der Waals surface area contributed by atoms with Gasteiger partial charge in [0.1, 0.15) is 5.76 Å². The van der Waals surface area contributed by atoms with Crippen molar-refractivity contribution in [3.05, 3.63) is 11.8 Å². The van der Waals surface area contributed by atoms with Gasteiger partial charge in [-0.3, -0.25) is 0 Å². The van der Waals surface area contributed by atoms with E-state index in [1.54, 1.807) is 0 Å². The zero-order chi connectivity index (χ0) is 6.69. The molecule has 1 aliphatic rings. The van der Waals surface area contributed by atoms with Gasteiger partial charge < -0.3 is 4.84 Å². The van der Waals surface area contributed by atoms with E-state index in [0.29, 0.717) is 0 Å². The fourth-order valence-corrected chi connectivity index (χ4v) is 1.05. The molecule has 0 aliphatic heterocycles. The highest BCUT2D eigenvalue weighted by atomic mass is 16.6. The average Bonchev–Trinajstić information content (AvgIpc) is 1.90. The van der Waals surface area contributed by atoms with E-state index in [-0.39, 0.29) is 0 Å². The van der Waals surface area contributed by atoms with Crippen LogP contribution in [0.5, 0.6) is 0 Å². The van der Waals surface area contributed by atoms with Crippen LogP contribution in [0, 0.1) is 5.92 Å². The summed E-state index contributed by atoms with van der Waals surface area (Å²) in [4.78, 5) is 4.60. The fourth-order valence-electron chi connectivity index (χ4n) is 1.05. The molecule has 1 aliphatic carbocycles. The van der Waals surface area contributed by atoms with E-state index in [9.17, 15) is 0 Å². The Morgan fingerprint density at radius 1 is 1.78 bits per heavy atom. The minimum Gasteiger partial charge on any atom is -0.416 e. The van der Waals surface area contributed by atoms with Crippen molar-refractivity contribution in [1.82, 2.24) is 0 Å². The topological polar surface area (TPSA) is 35.2 Å². The smallest absolute Gasteiger partial charge is 0.119 e. The lowest BCUT2D eigenvalue weighted by molar-refractivity contribution is 0.196. The maximum Gasteiger partial charge on any atom is 0.119 e. The maximum atomic E-state index is 4.98. The second-order valence-electron chi connectivity index (χ2n) is 2.67. The Morgan fingerprint density at radius 2 is 2.56 bits per heavy atom. The van der Waals surface area contributed by atoms with Gasteiger partial charge >= 0.3 is 0 Å². The lowest BCUT2D eigenvalue weighted by atomic mass is 9.95. The van der Waals surface area contributed by atoms with Crippen LogP contribution in [-0.4, -0.2) is 0 Å². The van der Waals surface area contributed by atoms with Crippen molar-refractivity contribution in [2.24, 2.45) is 11.8 Å². The van der Waals surface area contributed by atoms with E-state index in [2.05, 4.69) is 17.8 Å². The molecule has 0 bridgehead atoms. The van der Waals surface area contributed by atoms with Gasteiger partial charge in [-0.1, -0.05) is 6.92 Å². The number of allylic oxidation sites excluding steroid dienone is 2. The van der Waals surface area contributed by atoms with Gasteiger partial charge in [0.2, 0.25) is 0 Å². The molecule has 0 radical (unpaired) electrons. The molecule has 2 nitrogen and oxygen atoms in total. The molecule has 0 aromatic heterocycles. The summed E-state index contributed by atoms with van der Waals surface area (Å²) < 4.78 is 0. The summed E-state index contributed by atoms with van der Waals surface area (Å²) in [6.45, 7) is 2.24. The summed E-state index contributed by atoms with van der Waals surface area (Å²) in [5, 5.41) is 0. The Morgan fingerprint density at radius 3 is 3.00 bits per heavy atom. The van der Waals surface area contributed by atoms with Crippen molar-refractivity contribution in [1.29, 1.82) is 0 Å². The summed E-state index contributed by atoms with van der Waals surface area (Å²) in [5.74, 6) is 6.74. The third-order valence-electron chi connectivity index (χ3n) is 1.78. The highest BCUT2D eigenvalue weighted by molar-refractivity contribution is 4.97. The number of nitrogens with two attached hydrogens (primary N) is 1. The van der Waals surface area contributed by atoms with Gasteiger partial charge in [-0.15, -0.1) is 0 Å². The maximum absolute atomic E-state index is 4.98. The van der Waals surface area contributed by atoms with Crippen LogP contribution in [0.4, 0.5) is 0 Å². The van der Waals surface area contributed by atoms with Crippen molar-refractivity contribution >= 4 is 0 Å². The van der Waals surface area contributed by atoms with Crippen LogP contribution in [0.3, 0.4) is 0 Å². The molecule has 9 heavy (non-hydrogen) atoms. The summed E-state index contributed by atoms with van der Waals surface area (Å²) in [7, 11) is 0. The van der Waals surface area contributed by atoms with Crippen molar-refractivity contribution in [3.63, 3.8) is 0 Å². The van der Waals surface area contributed by atoms with Gasteiger partial charge in [0, 0.05) is 6.42 Å². The Kier molecular flexibility index (Phi) is 2.11. The SMILES string of the molecule is CC1CC=C(ON)CC1. The van der Waals surface area contributed by atoms with Crippen LogP contribution in [0.1, 0.15) is 26.2 Å². The lowest BCUT2D eigenvalue weighted by Gasteiger charge is -2.15. The van der Waals surface area contributed by atoms with Crippen molar-refractivity contribution in [2.75, 3.05) is 0 Å². The first-order valence-corrected chi connectivity index (χ1v) is 3.38. The molecule has 1 atom stereocenters. The van der Waals surface area contributed by atoms with E-state index in [1.807, 2.05) is 0 Å². The molecular weight excluding hydrogens is 114 g/mol. The minimum absolute atomic E-state index is 0.809. The first-order valence-electron chi connectivity index (χ1n) is 3.38. The Labute approximate surface area is 55.6 Å². The van der Waals surface area contributed by atoms with Crippen LogP contribution in [0.2, 0.25) is 0 Å². The monoisotopic (exact) mass is 127 g/mol. The Balaban J connectivity index is 2.40. The summed E-state index contributed by atoms with van der Waals surface area (Å²) in [6.07, 6.45) is 5.42. The van der Waals surface area contributed by atoms with Crippen LogP contribution in [-0.2, 0) is 4.84 Å². The summed E-state index contributed by atoms with van der Waals surface area (Å²) in [5.41, 5.74) is 0. The van der Waals surface area contributed by atoms with E-state index in [0.717, 1.165) is 24.5 Å². The van der Waals surface area contributed by atoms with Gasteiger partial charge in [-0.2, -0.15) is 5.90 Å². The minimum atomic E-state index is 0.809. The Hall–Kier alpha value is -0.500. The molecule has 0 spiro atoms. The van der Waals surface area contributed by atoms with Crippen molar-refractivity contribution in [2.45, 2.75) is 26.2 Å². The van der Waals surface area contributed by atoms with Crippen LogP contribution in [0.25, 0.3) is 0 Å². The fraction of sp³-hybridized carbons (Fsp3) is 0.714. The van der Waals surface area contributed by atoms with Crippen LogP contribution < -0.4 is 5.90 Å². The molecule has 0 aromatic carbocycles. The second-order valence-corrected chi connectivity index (χ2v) is 2.67. The lowest BCUT2D eigenvalue weighted by Crippen LogP contribution is -2.06. The van der Waals surface area contributed by atoms with E-state index in [4.69, 9.17) is 5.90 Å². The van der Waals surface area contributed by atoms with Gasteiger partial charge in [0.25, 0.3) is 0 Å². The molecule has 0 saturated carbocycles. The average molecular weight is 127 g/mol. The Bertz CT molecular complexity index is 120.